The van der Waals surface area contributed by atoms with E-state index in [9.17, 15) is 9.18 Å². The number of nitrogens with zero attached hydrogens (tertiary/aromatic N) is 1. The predicted octanol–water partition coefficient (Wildman–Crippen LogP) is 3.84. The van der Waals surface area contributed by atoms with E-state index in [1.807, 2.05) is 0 Å². The molecule has 2 rings (SSSR count). The molecule has 3 nitrogen and oxygen atoms in total. The molecule has 104 valence electrons. The molecule has 1 unspecified atom stereocenters. The maximum absolute atomic E-state index is 12.8. The average molecular weight is 265 g/mol. The van der Waals surface area contributed by atoms with Crippen LogP contribution in [0, 0.1) is 11.7 Å². The Morgan fingerprint density at radius 3 is 2.84 bits per heavy atom. The zero-order chi connectivity index (χ0) is 13.7. The molecule has 1 aliphatic heterocycles. The summed E-state index contributed by atoms with van der Waals surface area (Å²) in [6.07, 6.45) is 4.19. The Bertz CT molecular complexity index is 417. The number of halogens is 1. The van der Waals surface area contributed by atoms with E-state index in [2.05, 4.69) is 6.92 Å². The van der Waals surface area contributed by atoms with Crippen LogP contribution in [0.4, 0.5) is 9.18 Å². The van der Waals surface area contributed by atoms with Gasteiger partial charge in [0.1, 0.15) is 11.6 Å². The third-order valence-electron chi connectivity index (χ3n) is 3.49. The highest BCUT2D eigenvalue weighted by Gasteiger charge is 2.24. The number of hydrogen-bond donors (Lipinski definition) is 0. The van der Waals surface area contributed by atoms with Gasteiger partial charge in [0.05, 0.1) is 0 Å². The van der Waals surface area contributed by atoms with E-state index >= 15 is 0 Å². The maximum Gasteiger partial charge on any atom is 0.415 e. The molecule has 1 aromatic rings. The van der Waals surface area contributed by atoms with E-state index in [0.717, 1.165) is 32.4 Å². The van der Waals surface area contributed by atoms with Gasteiger partial charge in [0, 0.05) is 13.1 Å². The van der Waals surface area contributed by atoms with E-state index < -0.39 is 0 Å². The third-order valence-corrected chi connectivity index (χ3v) is 3.49. The number of carbonyl (C=O) groups excluding carboxylic acids is 1. The Morgan fingerprint density at radius 2 is 2.16 bits per heavy atom. The second kappa shape index (κ2) is 6.55. The van der Waals surface area contributed by atoms with Gasteiger partial charge in [-0.2, -0.15) is 0 Å². The van der Waals surface area contributed by atoms with Crippen molar-refractivity contribution in [2.75, 3.05) is 13.1 Å². The number of piperidine rings is 1. The molecule has 19 heavy (non-hydrogen) atoms. The molecule has 0 aliphatic carbocycles. The van der Waals surface area contributed by atoms with Crippen LogP contribution in [-0.2, 0) is 0 Å². The van der Waals surface area contributed by atoms with Gasteiger partial charge in [-0.15, -0.1) is 0 Å². The molecule has 0 radical (unpaired) electrons. The van der Waals surface area contributed by atoms with Crippen molar-refractivity contribution >= 4 is 6.09 Å². The van der Waals surface area contributed by atoms with Crippen molar-refractivity contribution in [3.8, 4) is 5.75 Å². The van der Waals surface area contributed by atoms with Crippen LogP contribution in [0.1, 0.15) is 32.6 Å². The predicted molar refractivity (Wildman–Crippen MR) is 71.6 cm³/mol. The van der Waals surface area contributed by atoms with Crippen LogP contribution in [0.15, 0.2) is 24.3 Å². The van der Waals surface area contributed by atoms with Crippen molar-refractivity contribution < 1.29 is 13.9 Å². The SMILES string of the molecule is CCCC1CCCN(C(=O)Oc2ccc(F)cc2)C1. The van der Waals surface area contributed by atoms with Gasteiger partial charge in [-0.1, -0.05) is 13.3 Å². The van der Waals surface area contributed by atoms with Crippen molar-refractivity contribution in [3.05, 3.63) is 30.1 Å². The molecule has 1 fully saturated rings. The van der Waals surface area contributed by atoms with Crippen LogP contribution in [0.3, 0.4) is 0 Å². The van der Waals surface area contributed by atoms with Gasteiger partial charge in [-0.25, -0.2) is 9.18 Å². The summed E-state index contributed by atoms with van der Waals surface area (Å²) in [6.45, 7) is 3.68. The van der Waals surface area contributed by atoms with Crippen LogP contribution in [0.5, 0.6) is 5.75 Å². The summed E-state index contributed by atoms with van der Waals surface area (Å²) in [5.41, 5.74) is 0. The molecule has 0 aromatic heterocycles. The summed E-state index contributed by atoms with van der Waals surface area (Å²) in [4.78, 5) is 13.8. The lowest BCUT2D eigenvalue weighted by Gasteiger charge is -2.31. The van der Waals surface area contributed by atoms with Crippen molar-refractivity contribution in [2.45, 2.75) is 32.6 Å². The first-order valence-corrected chi connectivity index (χ1v) is 6.91. The molecule has 1 heterocycles. The number of likely N-dealkylation sites (tertiary alicyclic amines) is 1. The highest BCUT2D eigenvalue weighted by molar-refractivity contribution is 5.70. The van der Waals surface area contributed by atoms with Gasteiger partial charge in [-0.3, -0.25) is 0 Å². The molecule has 0 saturated carbocycles. The Morgan fingerprint density at radius 1 is 1.42 bits per heavy atom. The quantitative estimate of drug-likeness (QED) is 0.831. The number of carbonyl (C=O) groups is 1. The molecule has 1 aromatic carbocycles. The summed E-state index contributed by atoms with van der Waals surface area (Å²) in [7, 11) is 0. The van der Waals surface area contributed by atoms with E-state index in [0.29, 0.717) is 11.7 Å². The van der Waals surface area contributed by atoms with Crippen LogP contribution in [0.2, 0.25) is 0 Å². The number of amides is 1. The standard InChI is InChI=1S/C15H20FNO2/c1-2-4-12-5-3-10-17(11-12)15(18)19-14-8-6-13(16)7-9-14/h6-9,12H,2-5,10-11H2,1H3. The van der Waals surface area contributed by atoms with E-state index in [-0.39, 0.29) is 11.9 Å². The number of hydrogen-bond acceptors (Lipinski definition) is 2. The van der Waals surface area contributed by atoms with Crippen LogP contribution in [0.25, 0.3) is 0 Å². The second-order valence-corrected chi connectivity index (χ2v) is 5.06. The fourth-order valence-electron chi connectivity index (χ4n) is 2.54. The Kier molecular flexibility index (Phi) is 4.77. The number of benzene rings is 1. The lowest BCUT2D eigenvalue weighted by Crippen LogP contribution is -2.41. The fraction of sp³-hybridized carbons (Fsp3) is 0.533. The number of rotatable bonds is 3. The summed E-state index contributed by atoms with van der Waals surface area (Å²) < 4.78 is 18.0. The summed E-state index contributed by atoms with van der Waals surface area (Å²) in [6, 6.07) is 5.53. The van der Waals surface area contributed by atoms with E-state index in [1.165, 1.54) is 30.7 Å². The van der Waals surface area contributed by atoms with Gasteiger partial charge in [0.25, 0.3) is 0 Å². The average Bonchev–Trinajstić information content (AvgIpc) is 2.42. The van der Waals surface area contributed by atoms with E-state index in [4.69, 9.17) is 4.74 Å². The van der Waals surface area contributed by atoms with Crippen molar-refractivity contribution in [1.82, 2.24) is 4.90 Å². The Hall–Kier alpha value is -1.58. The van der Waals surface area contributed by atoms with Gasteiger partial charge >= 0.3 is 6.09 Å². The largest absolute Gasteiger partial charge is 0.415 e. The lowest BCUT2D eigenvalue weighted by atomic mass is 9.94. The monoisotopic (exact) mass is 265 g/mol. The van der Waals surface area contributed by atoms with E-state index in [1.54, 1.807) is 4.90 Å². The molecule has 0 N–H and O–H groups in total. The summed E-state index contributed by atoms with van der Waals surface area (Å²) in [5, 5.41) is 0. The first-order chi connectivity index (χ1) is 9.19. The van der Waals surface area contributed by atoms with Crippen LogP contribution >= 0.6 is 0 Å². The smallest absolute Gasteiger partial charge is 0.410 e. The molecule has 1 aliphatic rings. The second-order valence-electron chi connectivity index (χ2n) is 5.06. The highest BCUT2D eigenvalue weighted by atomic mass is 19.1. The topological polar surface area (TPSA) is 29.5 Å². The molecule has 1 saturated heterocycles. The minimum atomic E-state index is -0.333. The Labute approximate surface area is 113 Å². The molecule has 4 heteroatoms. The zero-order valence-corrected chi connectivity index (χ0v) is 11.3. The van der Waals surface area contributed by atoms with Crippen molar-refractivity contribution in [2.24, 2.45) is 5.92 Å². The third kappa shape index (κ3) is 3.94. The van der Waals surface area contributed by atoms with Crippen molar-refractivity contribution in [3.63, 3.8) is 0 Å². The minimum Gasteiger partial charge on any atom is -0.410 e. The van der Waals surface area contributed by atoms with Crippen LogP contribution < -0.4 is 4.74 Å². The maximum atomic E-state index is 12.8. The minimum absolute atomic E-state index is 0.326. The summed E-state index contributed by atoms with van der Waals surface area (Å²) >= 11 is 0. The normalized spacial score (nSPS) is 19.3. The molecule has 1 amide bonds. The molecular weight excluding hydrogens is 245 g/mol. The Balaban J connectivity index is 1.90. The first kappa shape index (κ1) is 13.8. The van der Waals surface area contributed by atoms with Gasteiger partial charge in [0.15, 0.2) is 0 Å². The van der Waals surface area contributed by atoms with Gasteiger partial charge < -0.3 is 9.64 Å². The van der Waals surface area contributed by atoms with Gasteiger partial charge in [-0.05, 0) is 49.4 Å². The molecular formula is C15H20FNO2. The number of ether oxygens (including phenoxy) is 1. The fourth-order valence-corrected chi connectivity index (χ4v) is 2.54. The summed E-state index contributed by atoms with van der Waals surface area (Å²) in [5.74, 6) is 0.643. The van der Waals surface area contributed by atoms with Crippen LogP contribution in [-0.4, -0.2) is 24.1 Å². The highest BCUT2D eigenvalue weighted by Crippen LogP contribution is 2.22. The van der Waals surface area contributed by atoms with Gasteiger partial charge in [0.2, 0.25) is 0 Å². The van der Waals surface area contributed by atoms with Crippen molar-refractivity contribution in [1.29, 1.82) is 0 Å². The first-order valence-electron chi connectivity index (χ1n) is 6.91. The molecule has 0 spiro atoms. The zero-order valence-electron chi connectivity index (χ0n) is 11.3. The lowest BCUT2D eigenvalue weighted by molar-refractivity contribution is 0.124. The molecule has 0 bridgehead atoms. The molecule has 1 atom stereocenters.